The smallest absolute Gasteiger partial charge is 0.248 e. The minimum absolute atomic E-state index is 0.0794. The predicted molar refractivity (Wildman–Crippen MR) is 64.0 cm³/mol. The SMILES string of the molecule is CC(C)OCC(=O)N1CCCC(C)C1CN. The van der Waals surface area contributed by atoms with Crippen molar-refractivity contribution >= 4 is 5.91 Å². The standard InChI is InChI=1S/C12H24N2O2/c1-9(2)16-8-12(15)14-6-4-5-10(3)11(14)7-13/h9-11H,4-8,13H2,1-3H3. The summed E-state index contributed by atoms with van der Waals surface area (Å²) < 4.78 is 5.35. The largest absolute Gasteiger partial charge is 0.369 e. The van der Waals surface area contributed by atoms with Crippen molar-refractivity contribution in [3.63, 3.8) is 0 Å². The molecule has 0 aliphatic carbocycles. The highest BCUT2D eigenvalue weighted by molar-refractivity contribution is 5.78. The van der Waals surface area contributed by atoms with Crippen molar-refractivity contribution in [2.45, 2.75) is 45.8 Å². The summed E-state index contributed by atoms with van der Waals surface area (Å²) in [6.45, 7) is 7.60. The van der Waals surface area contributed by atoms with Crippen molar-refractivity contribution in [2.24, 2.45) is 11.7 Å². The number of nitrogens with two attached hydrogens (primary N) is 1. The van der Waals surface area contributed by atoms with Gasteiger partial charge >= 0.3 is 0 Å². The van der Waals surface area contributed by atoms with E-state index >= 15 is 0 Å². The van der Waals surface area contributed by atoms with Crippen LogP contribution in [0, 0.1) is 5.92 Å². The first-order chi connectivity index (χ1) is 7.56. The number of carbonyl (C=O) groups is 1. The number of likely N-dealkylation sites (tertiary alicyclic amines) is 1. The van der Waals surface area contributed by atoms with Crippen molar-refractivity contribution in [1.29, 1.82) is 0 Å². The fraction of sp³-hybridized carbons (Fsp3) is 0.917. The molecule has 0 aromatic heterocycles. The first-order valence-corrected chi connectivity index (χ1v) is 6.17. The lowest BCUT2D eigenvalue weighted by atomic mass is 9.91. The minimum atomic E-state index is 0.0794. The van der Waals surface area contributed by atoms with Gasteiger partial charge in [-0.25, -0.2) is 0 Å². The van der Waals surface area contributed by atoms with Crippen LogP contribution in [0.4, 0.5) is 0 Å². The molecule has 1 amide bonds. The monoisotopic (exact) mass is 228 g/mol. The summed E-state index contributed by atoms with van der Waals surface area (Å²) in [4.78, 5) is 13.9. The molecule has 1 fully saturated rings. The molecule has 16 heavy (non-hydrogen) atoms. The fourth-order valence-corrected chi connectivity index (χ4v) is 2.24. The van der Waals surface area contributed by atoms with Crippen molar-refractivity contribution in [3.05, 3.63) is 0 Å². The maximum atomic E-state index is 12.0. The van der Waals surface area contributed by atoms with Gasteiger partial charge in [0.1, 0.15) is 6.61 Å². The van der Waals surface area contributed by atoms with Gasteiger partial charge in [-0.1, -0.05) is 6.92 Å². The van der Waals surface area contributed by atoms with Gasteiger partial charge in [-0.15, -0.1) is 0 Å². The molecule has 0 saturated carbocycles. The van der Waals surface area contributed by atoms with Crippen molar-refractivity contribution in [2.75, 3.05) is 19.7 Å². The van der Waals surface area contributed by atoms with Gasteiger partial charge in [0.05, 0.1) is 6.10 Å². The Morgan fingerprint density at radius 2 is 2.25 bits per heavy atom. The molecule has 2 atom stereocenters. The Hall–Kier alpha value is -0.610. The van der Waals surface area contributed by atoms with Crippen LogP contribution in [0.15, 0.2) is 0 Å². The number of hydrogen-bond donors (Lipinski definition) is 1. The second kappa shape index (κ2) is 6.21. The molecule has 0 aromatic rings. The number of rotatable bonds is 4. The Kier molecular flexibility index (Phi) is 5.22. The van der Waals surface area contributed by atoms with E-state index in [2.05, 4.69) is 6.92 Å². The second-order valence-corrected chi connectivity index (χ2v) is 4.87. The number of nitrogens with zero attached hydrogens (tertiary/aromatic N) is 1. The average Bonchev–Trinajstić information content (AvgIpc) is 2.25. The van der Waals surface area contributed by atoms with Gasteiger partial charge in [-0.2, -0.15) is 0 Å². The third-order valence-corrected chi connectivity index (χ3v) is 3.22. The molecule has 2 N–H and O–H groups in total. The highest BCUT2D eigenvalue weighted by Crippen LogP contribution is 2.22. The summed E-state index contributed by atoms with van der Waals surface area (Å²) in [5.41, 5.74) is 5.74. The molecule has 1 rings (SSSR count). The Labute approximate surface area is 98.1 Å². The maximum Gasteiger partial charge on any atom is 0.248 e. The molecule has 1 saturated heterocycles. The minimum Gasteiger partial charge on any atom is -0.369 e. The van der Waals surface area contributed by atoms with Crippen LogP contribution in [0.5, 0.6) is 0 Å². The summed E-state index contributed by atoms with van der Waals surface area (Å²) >= 11 is 0. The Balaban J connectivity index is 2.52. The molecule has 1 aliphatic rings. The molecule has 1 aliphatic heterocycles. The van der Waals surface area contributed by atoms with Gasteiger partial charge in [0.2, 0.25) is 5.91 Å². The highest BCUT2D eigenvalue weighted by atomic mass is 16.5. The van der Waals surface area contributed by atoms with E-state index in [-0.39, 0.29) is 24.7 Å². The third-order valence-electron chi connectivity index (χ3n) is 3.22. The number of hydrogen-bond acceptors (Lipinski definition) is 3. The molecule has 0 aromatic carbocycles. The number of carbonyl (C=O) groups excluding carboxylic acids is 1. The lowest BCUT2D eigenvalue weighted by Crippen LogP contribution is -2.52. The van der Waals surface area contributed by atoms with Gasteiger partial charge in [-0.05, 0) is 32.6 Å². The molecule has 0 bridgehead atoms. The lowest BCUT2D eigenvalue weighted by molar-refractivity contribution is -0.142. The summed E-state index contributed by atoms with van der Waals surface area (Å²) in [5.74, 6) is 0.581. The van der Waals surface area contributed by atoms with Crippen molar-refractivity contribution in [3.8, 4) is 0 Å². The molecule has 0 spiro atoms. The van der Waals surface area contributed by atoms with Crippen LogP contribution in [0.25, 0.3) is 0 Å². The van der Waals surface area contributed by atoms with E-state index < -0.39 is 0 Å². The summed E-state index contributed by atoms with van der Waals surface area (Å²) in [7, 11) is 0. The van der Waals surface area contributed by atoms with E-state index in [1.807, 2.05) is 18.7 Å². The second-order valence-electron chi connectivity index (χ2n) is 4.87. The van der Waals surface area contributed by atoms with Crippen LogP contribution >= 0.6 is 0 Å². The molecule has 1 heterocycles. The van der Waals surface area contributed by atoms with Crippen LogP contribution in [-0.2, 0) is 9.53 Å². The molecule has 4 nitrogen and oxygen atoms in total. The highest BCUT2D eigenvalue weighted by Gasteiger charge is 2.30. The number of piperidine rings is 1. The topological polar surface area (TPSA) is 55.6 Å². The van der Waals surface area contributed by atoms with Crippen LogP contribution in [-0.4, -0.2) is 42.6 Å². The molecule has 0 radical (unpaired) electrons. The van der Waals surface area contributed by atoms with Gasteiger partial charge < -0.3 is 15.4 Å². The third kappa shape index (κ3) is 3.46. The predicted octanol–water partition coefficient (Wildman–Crippen LogP) is 0.997. The van der Waals surface area contributed by atoms with Crippen LogP contribution in [0.1, 0.15) is 33.6 Å². The quantitative estimate of drug-likeness (QED) is 0.781. The van der Waals surface area contributed by atoms with Crippen molar-refractivity contribution in [1.82, 2.24) is 4.90 Å². The lowest BCUT2D eigenvalue weighted by Gasteiger charge is -2.39. The Morgan fingerprint density at radius 3 is 2.81 bits per heavy atom. The fourth-order valence-electron chi connectivity index (χ4n) is 2.24. The van der Waals surface area contributed by atoms with E-state index in [1.165, 1.54) is 0 Å². The summed E-state index contributed by atoms with van der Waals surface area (Å²) in [5, 5.41) is 0. The molecule has 4 heteroatoms. The number of ether oxygens (including phenoxy) is 1. The number of amides is 1. The van der Waals surface area contributed by atoms with E-state index in [0.29, 0.717) is 12.5 Å². The van der Waals surface area contributed by atoms with Crippen LogP contribution in [0.3, 0.4) is 0 Å². The van der Waals surface area contributed by atoms with Gasteiger partial charge in [0.25, 0.3) is 0 Å². The zero-order valence-corrected chi connectivity index (χ0v) is 10.6. The molecule has 94 valence electrons. The van der Waals surface area contributed by atoms with Gasteiger partial charge in [0, 0.05) is 19.1 Å². The molecular formula is C12H24N2O2. The van der Waals surface area contributed by atoms with Crippen LogP contribution in [0.2, 0.25) is 0 Å². The maximum absolute atomic E-state index is 12.0. The Morgan fingerprint density at radius 1 is 1.56 bits per heavy atom. The normalized spacial score (nSPS) is 26.2. The first-order valence-electron chi connectivity index (χ1n) is 6.17. The van der Waals surface area contributed by atoms with E-state index in [4.69, 9.17) is 10.5 Å². The zero-order chi connectivity index (χ0) is 12.1. The Bertz CT molecular complexity index is 231. The molecular weight excluding hydrogens is 204 g/mol. The van der Waals surface area contributed by atoms with E-state index in [9.17, 15) is 4.79 Å². The van der Waals surface area contributed by atoms with Gasteiger partial charge in [-0.3, -0.25) is 4.79 Å². The van der Waals surface area contributed by atoms with Crippen LogP contribution < -0.4 is 5.73 Å². The van der Waals surface area contributed by atoms with Crippen molar-refractivity contribution < 1.29 is 9.53 Å². The summed E-state index contributed by atoms with van der Waals surface area (Å²) in [6.07, 6.45) is 2.34. The van der Waals surface area contributed by atoms with E-state index in [0.717, 1.165) is 19.4 Å². The summed E-state index contributed by atoms with van der Waals surface area (Å²) in [6, 6.07) is 0.192. The van der Waals surface area contributed by atoms with Gasteiger partial charge in [0.15, 0.2) is 0 Å². The molecule has 2 unspecified atom stereocenters. The average molecular weight is 228 g/mol. The van der Waals surface area contributed by atoms with E-state index in [1.54, 1.807) is 0 Å². The first kappa shape index (κ1) is 13.5. The zero-order valence-electron chi connectivity index (χ0n) is 10.6.